The Kier molecular flexibility index (Phi) is 5.05. The number of halogens is 1. The Hall–Kier alpha value is -1.36. The van der Waals surface area contributed by atoms with Crippen molar-refractivity contribution in [1.29, 1.82) is 0 Å². The van der Waals surface area contributed by atoms with Gasteiger partial charge in [0, 0.05) is 28.5 Å². The summed E-state index contributed by atoms with van der Waals surface area (Å²) in [7, 11) is 0. The van der Waals surface area contributed by atoms with Gasteiger partial charge in [0.2, 0.25) is 5.91 Å². The van der Waals surface area contributed by atoms with E-state index in [1.165, 1.54) is 0 Å². The number of fused-ring (bicyclic) bond motifs is 1. The minimum Gasteiger partial charge on any atom is -0.353 e. The summed E-state index contributed by atoms with van der Waals surface area (Å²) in [6, 6.07) is 7.77. The summed E-state index contributed by atoms with van der Waals surface area (Å²) in [6.45, 7) is 2.17. The van der Waals surface area contributed by atoms with Crippen LogP contribution in [0.25, 0.3) is 0 Å². The first-order chi connectivity index (χ1) is 11.1. The van der Waals surface area contributed by atoms with E-state index in [-0.39, 0.29) is 23.9 Å². The van der Waals surface area contributed by atoms with Crippen LogP contribution in [0.5, 0.6) is 0 Å². The van der Waals surface area contributed by atoms with E-state index in [2.05, 4.69) is 33.5 Å². The van der Waals surface area contributed by atoms with Crippen LogP contribution in [-0.2, 0) is 4.79 Å². The molecule has 0 aromatic heterocycles. The van der Waals surface area contributed by atoms with Crippen molar-refractivity contribution in [1.82, 2.24) is 10.6 Å². The molecule has 2 fully saturated rings. The van der Waals surface area contributed by atoms with E-state index < -0.39 is 0 Å². The standard InChI is InChI=1S/C18H23BrN2O2/c1-2-11-9-17(22)21-16-10-14(6-7-15(11)16)20-18(23)12-4-3-5-13(19)8-12/h3-5,8,11,14-16H,2,6-7,9-10H2,1H3,(H,20,23)(H,21,22). The normalized spacial score (nSPS) is 30.3. The fraction of sp³-hybridized carbons (Fsp3) is 0.556. The molecule has 4 atom stereocenters. The summed E-state index contributed by atoms with van der Waals surface area (Å²) >= 11 is 3.39. The first-order valence-electron chi connectivity index (χ1n) is 8.42. The van der Waals surface area contributed by atoms with Gasteiger partial charge in [-0.3, -0.25) is 9.59 Å². The zero-order valence-corrected chi connectivity index (χ0v) is 14.9. The van der Waals surface area contributed by atoms with Crippen molar-refractivity contribution >= 4 is 27.7 Å². The van der Waals surface area contributed by atoms with Crippen molar-refractivity contribution in [2.75, 3.05) is 0 Å². The Labute approximate surface area is 145 Å². The Bertz CT molecular complexity index is 604. The third kappa shape index (κ3) is 3.77. The second-order valence-corrected chi connectivity index (χ2v) is 7.62. The van der Waals surface area contributed by atoms with Crippen molar-refractivity contribution in [2.45, 2.75) is 51.1 Å². The number of piperidine rings is 1. The molecule has 1 heterocycles. The molecule has 1 aliphatic heterocycles. The molecule has 1 saturated heterocycles. The average Bonchev–Trinajstić information content (AvgIpc) is 2.53. The van der Waals surface area contributed by atoms with Crippen molar-refractivity contribution in [2.24, 2.45) is 11.8 Å². The molecule has 0 radical (unpaired) electrons. The molecule has 1 aromatic carbocycles. The van der Waals surface area contributed by atoms with E-state index in [9.17, 15) is 9.59 Å². The predicted octanol–water partition coefficient (Wildman–Crippen LogP) is 3.26. The average molecular weight is 379 g/mol. The van der Waals surface area contributed by atoms with Gasteiger partial charge < -0.3 is 10.6 Å². The van der Waals surface area contributed by atoms with E-state index in [1.807, 2.05) is 24.3 Å². The van der Waals surface area contributed by atoms with Crippen LogP contribution >= 0.6 is 15.9 Å². The lowest BCUT2D eigenvalue weighted by molar-refractivity contribution is -0.127. The second kappa shape index (κ2) is 7.04. The second-order valence-electron chi connectivity index (χ2n) is 6.70. The quantitative estimate of drug-likeness (QED) is 0.847. The Balaban J connectivity index is 1.63. The summed E-state index contributed by atoms with van der Waals surface area (Å²) in [4.78, 5) is 24.3. The van der Waals surface area contributed by atoms with E-state index in [1.54, 1.807) is 0 Å². The van der Waals surface area contributed by atoms with Crippen molar-refractivity contribution in [3.63, 3.8) is 0 Å². The summed E-state index contributed by atoms with van der Waals surface area (Å²) in [5.74, 6) is 1.19. The maximum Gasteiger partial charge on any atom is 0.251 e. The molecule has 4 nitrogen and oxygen atoms in total. The largest absolute Gasteiger partial charge is 0.353 e. The van der Waals surface area contributed by atoms with Crippen LogP contribution in [-0.4, -0.2) is 23.9 Å². The number of amides is 2. The van der Waals surface area contributed by atoms with E-state index in [0.717, 1.165) is 30.2 Å². The molecule has 1 aliphatic carbocycles. The first-order valence-corrected chi connectivity index (χ1v) is 9.22. The summed E-state index contributed by atoms with van der Waals surface area (Å²) in [6.07, 6.45) is 4.63. The lowest BCUT2D eigenvalue weighted by Gasteiger charge is -2.44. The molecule has 5 heteroatoms. The van der Waals surface area contributed by atoms with Gasteiger partial charge in [-0.25, -0.2) is 0 Å². The van der Waals surface area contributed by atoms with Crippen LogP contribution in [0.3, 0.4) is 0 Å². The molecule has 0 bridgehead atoms. The maximum atomic E-state index is 12.4. The highest BCUT2D eigenvalue weighted by Crippen LogP contribution is 2.37. The minimum absolute atomic E-state index is 0.0380. The smallest absolute Gasteiger partial charge is 0.251 e. The SMILES string of the molecule is CCC1CC(=O)NC2CC(NC(=O)c3cccc(Br)c3)CCC12. The zero-order chi connectivity index (χ0) is 16.4. The van der Waals surface area contributed by atoms with Crippen LogP contribution in [0.15, 0.2) is 28.7 Å². The van der Waals surface area contributed by atoms with Gasteiger partial charge in [0.15, 0.2) is 0 Å². The van der Waals surface area contributed by atoms with E-state index >= 15 is 0 Å². The van der Waals surface area contributed by atoms with Gasteiger partial charge in [-0.05, 0) is 49.3 Å². The third-order valence-corrected chi connectivity index (χ3v) is 5.74. The lowest BCUT2D eigenvalue weighted by Crippen LogP contribution is -2.55. The monoisotopic (exact) mass is 378 g/mol. The molecule has 124 valence electrons. The molecule has 0 spiro atoms. The molecule has 2 amide bonds. The molecule has 2 N–H and O–H groups in total. The highest BCUT2D eigenvalue weighted by atomic mass is 79.9. The van der Waals surface area contributed by atoms with Crippen molar-refractivity contribution in [3.8, 4) is 0 Å². The number of benzene rings is 1. The number of rotatable bonds is 3. The highest BCUT2D eigenvalue weighted by molar-refractivity contribution is 9.10. The summed E-state index contributed by atoms with van der Waals surface area (Å²) in [5.41, 5.74) is 0.667. The van der Waals surface area contributed by atoms with Gasteiger partial charge in [0.25, 0.3) is 5.91 Å². The topological polar surface area (TPSA) is 58.2 Å². The number of nitrogens with one attached hydrogen (secondary N) is 2. The Morgan fingerprint density at radius 3 is 2.96 bits per heavy atom. The lowest BCUT2D eigenvalue weighted by atomic mass is 9.70. The molecule has 1 saturated carbocycles. The molecule has 4 unspecified atom stereocenters. The van der Waals surface area contributed by atoms with Crippen molar-refractivity contribution < 1.29 is 9.59 Å². The maximum absolute atomic E-state index is 12.4. The van der Waals surface area contributed by atoms with Crippen LogP contribution in [0.1, 0.15) is 49.4 Å². The van der Waals surface area contributed by atoms with Crippen molar-refractivity contribution in [3.05, 3.63) is 34.3 Å². The highest BCUT2D eigenvalue weighted by Gasteiger charge is 2.40. The van der Waals surface area contributed by atoms with E-state index in [0.29, 0.717) is 23.8 Å². The van der Waals surface area contributed by atoms with E-state index in [4.69, 9.17) is 0 Å². The number of carbonyl (C=O) groups excluding carboxylic acids is 2. The fourth-order valence-corrected chi connectivity index (χ4v) is 4.46. The molecule has 2 aliphatic rings. The van der Waals surface area contributed by atoms with Gasteiger partial charge >= 0.3 is 0 Å². The van der Waals surface area contributed by atoms with Crippen LogP contribution in [0.2, 0.25) is 0 Å². The molecule has 23 heavy (non-hydrogen) atoms. The summed E-state index contributed by atoms with van der Waals surface area (Å²) in [5, 5.41) is 6.27. The first kappa shape index (κ1) is 16.5. The minimum atomic E-state index is -0.0380. The van der Waals surface area contributed by atoms with Gasteiger partial charge in [-0.1, -0.05) is 35.3 Å². The Morgan fingerprint density at radius 1 is 1.39 bits per heavy atom. The zero-order valence-electron chi connectivity index (χ0n) is 13.3. The molecule has 1 aromatic rings. The predicted molar refractivity (Wildman–Crippen MR) is 93.1 cm³/mol. The summed E-state index contributed by atoms with van der Waals surface area (Å²) < 4.78 is 0.902. The van der Waals surface area contributed by atoms with Gasteiger partial charge in [-0.15, -0.1) is 0 Å². The Morgan fingerprint density at radius 2 is 2.22 bits per heavy atom. The fourth-order valence-electron chi connectivity index (χ4n) is 4.06. The van der Waals surface area contributed by atoms with Gasteiger partial charge in [0.05, 0.1) is 0 Å². The molecular weight excluding hydrogens is 356 g/mol. The number of hydrogen-bond acceptors (Lipinski definition) is 2. The van der Waals surface area contributed by atoms with Crippen LogP contribution in [0.4, 0.5) is 0 Å². The van der Waals surface area contributed by atoms with Gasteiger partial charge in [0.1, 0.15) is 0 Å². The van der Waals surface area contributed by atoms with Gasteiger partial charge in [-0.2, -0.15) is 0 Å². The number of hydrogen-bond donors (Lipinski definition) is 2. The molecular formula is C18H23BrN2O2. The third-order valence-electron chi connectivity index (χ3n) is 5.25. The van der Waals surface area contributed by atoms with Crippen LogP contribution in [0, 0.1) is 11.8 Å². The van der Waals surface area contributed by atoms with Crippen LogP contribution < -0.4 is 10.6 Å². The number of carbonyl (C=O) groups is 2. The molecule has 3 rings (SSSR count).